The Bertz CT molecular complexity index is 584. The van der Waals surface area contributed by atoms with Gasteiger partial charge in [0, 0.05) is 13.2 Å². The van der Waals surface area contributed by atoms with Gasteiger partial charge in [-0.15, -0.1) is 0 Å². The third-order valence-corrected chi connectivity index (χ3v) is 2.91. The van der Waals surface area contributed by atoms with Gasteiger partial charge in [-0.05, 0) is 15.9 Å². The first-order valence-corrected chi connectivity index (χ1v) is 5.73. The van der Waals surface area contributed by atoms with Crippen LogP contribution in [0.3, 0.4) is 0 Å². The van der Waals surface area contributed by atoms with Crippen LogP contribution in [0, 0.1) is 10.1 Å². The van der Waals surface area contributed by atoms with Gasteiger partial charge in [-0.1, -0.05) is 0 Å². The van der Waals surface area contributed by atoms with Crippen LogP contribution >= 0.6 is 15.9 Å². The fourth-order valence-corrected chi connectivity index (χ4v) is 1.85. The third kappa shape index (κ3) is 2.45. The maximum absolute atomic E-state index is 10.9. The number of rotatable bonds is 4. The van der Waals surface area contributed by atoms with Crippen molar-refractivity contribution >= 4 is 27.3 Å². The lowest BCUT2D eigenvalue weighted by molar-refractivity contribution is -0.384. The van der Waals surface area contributed by atoms with E-state index in [1.54, 1.807) is 11.7 Å². The first kappa shape index (κ1) is 12.4. The first-order chi connectivity index (χ1) is 8.59. The van der Waals surface area contributed by atoms with Gasteiger partial charge in [-0.25, -0.2) is 4.98 Å². The number of halogens is 1. The number of aromatic nitrogens is 4. The number of pyridine rings is 1. The molecular formula is C9H9BrN6O2. The molecule has 0 fully saturated rings. The molecule has 2 heterocycles. The van der Waals surface area contributed by atoms with Gasteiger partial charge < -0.3 is 5.32 Å². The summed E-state index contributed by atoms with van der Waals surface area (Å²) in [5.41, 5.74) is 0.282. The van der Waals surface area contributed by atoms with Crippen molar-refractivity contribution < 1.29 is 4.92 Å². The van der Waals surface area contributed by atoms with E-state index in [0.717, 1.165) is 0 Å². The normalized spacial score (nSPS) is 10.3. The van der Waals surface area contributed by atoms with Crippen molar-refractivity contribution in [2.45, 2.75) is 6.54 Å². The highest BCUT2D eigenvalue weighted by Gasteiger charge is 2.17. The van der Waals surface area contributed by atoms with Gasteiger partial charge in [-0.2, -0.15) is 5.10 Å². The molecule has 0 spiro atoms. The summed E-state index contributed by atoms with van der Waals surface area (Å²) in [5.74, 6) is 0.674. The number of nitrogens with one attached hydrogen (secondary N) is 1. The van der Waals surface area contributed by atoms with E-state index < -0.39 is 4.92 Å². The van der Waals surface area contributed by atoms with E-state index in [9.17, 15) is 10.1 Å². The molecule has 0 saturated carbocycles. The van der Waals surface area contributed by atoms with E-state index >= 15 is 0 Å². The maximum atomic E-state index is 10.9. The van der Waals surface area contributed by atoms with Crippen LogP contribution < -0.4 is 5.32 Å². The van der Waals surface area contributed by atoms with Crippen molar-refractivity contribution in [2.75, 3.05) is 5.32 Å². The molecule has 0 aliphatic carbocycles. The van der Waals surface area contributed by atoms with E-state index in [0.29, 0.717) is 22.5 Å². The topological polar surface area (TPSA) is 98.8 Å². The molecule has 2 rings (SSSR count). The highest BCUT2D eigenvalue weighted by Crippen LogP contribution is 2.31. The van der Waals surface area contributed by atoms with Gasteiger partial charge >= 0.3 is 5.69 Å². The fraction of sp³-hybridized carbons (Fsp3) is 0.222. The molecule has 9 heteroatoms. The summed E-state index contributed by atoms with van der Waals surface area (Å²) in [6, 6.07) is 0. The Morgan fingerprint density at radius 1 is 1.56 bits per heavy atom. The number of anilines is 1. The van der Waals surface area contributed by atoms with Crippen molar-refractivity contribution in [2.24, 2.45) is 7.05 Å². The number of nitro groups is 1. The van der Waals surface area contributed by atoms with Crippen LogP contribution in [0.4, 0.5) is 11.4 Å². The first-order valence-electron chi connectivity index (χ1n) is 4.94. The smallest absolute Gasteiger partial charge is 0.311 e. The predicted molar refractivity (Wildman–Crippen MR) is 66.9 cm³/mol. The summed E-state index contributed by atoms with van der Waals surface area (Å²) in [6.45, 7) is 0.333. The van der Waals surface area contributed by atoms with E-state index in [1.807, 2.05) is 0 Å². The van der Waals surface area contributed by atoms with Crippen molar-refractivity contribution in [1.82, 2.24) is 19.7 Å². The molecule has 1 N–H and O–H groups in total. The second kappa shape index (κ2) is 5.08. The van der Waals surface area contributed by atoms with Crippen LogP contribution in [0.2, 0.25) is 0 Å². The van der Waals surface area contributed by atoms with Gasteiger partial charge in [-0.3, -0.25) is 19.8 Å². The molecule has 0 aromatic carbocycles. The Labute approximate surface area is 110 Å². The second-order valence-electron chi connectivity index (χ2n) is 3.43. The fourth-order valence-electron chi connectivity index (χ4n) is 1.39. The van der Waals surface area contributed by atoms with Crippen LogP contribution in [-0.4, -0.2) is 24.7 Å². The Morgan fingerprint density at radius 2 is 2.33 bits per heavy atom. The van der Waals surface area contributed by atoms with Gasteiger partial charge in [0.2, 0.25) is 0 Å². The van der Waals surface area contributed by atoms with E-state index in [2.05, 4.69) is 36.3 Å². The average Bonchev–Trinajstić information content (AvgIpc) is 2.73. The largest absolute Gasteiger partial charge is 0.371 e. The zero-order valence-corrected chi connectivity index (χ0v) is 11.0. The van der Waals surface area contributed by atoms with E-state index in [-0.39, 0.29) is 5.69 Å². The number of hydrogen-bond donors (Lipinski definition) is 1. The van der Waals surface area contributed by atoms with Crippen molar-refractivity contribution in [3.8, 4) is 0 Å². The van der Waals surface area contributed by atoms with Crippen LogP contribution in [-0.2, 0) is 13.6 Å². The van der Waals surface area contributed by atoms with Gasteiger partial charge in [0.25, 0.3) is 0 Å². The standard InChI is InChI=1S/C9H9BrN6O2/c1-15-8(13-5-14-15)4-12-9-6(10)2-11-3-7(9)16(17)18/h2-3,5H,4H2,1H3,(H,11,12). The molecule has 0 bridgehead atoms. The summed E-state index contributed by atoms with van der Waals surface area (Å²) in [5, 5.41) is 17.7. The second-order valence-corrected chi connectivity index (χ2v) is 4.28. The summed E-state index contributed by atoms with van der Waals surface area (Å²) < 4.78 is 2.12. The molecule has 0 amide bonds. The highest BCUT2D eigenvalue weighted by molar-refractivity contribution is 9.10. The molecule has 2 aromatic rings. The van der Waals surface area contributed by atoms with Crippen molar-refractivity contribution in [3.05, 3.63) is 39.1 Å². The third-order valence-electron chi connectivity index (χ3n) is 2.30. The summed E-state index contributed by atoms with van der Waals surface area (Å²) >= 11 is 3.23. The van der Waals surface area contributed by atoms with Crippen LogP contribution in [0.5, 0.6) is 0 Å². The Balaban J connectivity index is 2.24. The molecular weight excluding hydrogens is 304 g/mol. The molecule has 94 valence electrons. The number of nitrogens with zero attached hydrogens (tertiary/aromatic N) is 5. The lowest BCUT2D eigenvalue weighted by Crippen LogP contribution is -2.08. The quantitative estimate of drug-likeness (QED) is 0.678. The summed E-state index contributed by atoms with van der Waals surface area (Å²) in [7, 11) is 1.75. The zero-order valence-electron chi connectivity index (χ0n) is 9.37. The Morgan fingerprint density at radius 3 is 2.94 bits per heavy atom. The molecule has 18 heavy (non-hydrogen) atoms. The highest BCUT2D eigenvalue weighted by atomic mass is 79.9. The van der Waals surface area contributed by atoms with Gasteiger partial charge in [0.15, 0.2) is 0 Å². The van der Waals surface area contributed by atoms with Gasteiger partial charge in [0.1, 0.15) is 24.0 Å². The molecule has 8 nitrogen and oxygen atoms in total. The van der Waals surface area contributed by atoms with Gasteiger partial charge in [0.05, 0.1) is 15.9 Å². The number of aryl methyl sites for hydroxylation is 1. The SMILES string of the molecule is Cn1ncnc1CNc1c(Br)cncc1[N+](=O)[O-]. The molecule has 0 saturated heterocycles. The van der Waals surface area contributed by atoms with E-state index in [4.69, 9.17) is 0 Å². The summed E-state index contributed by atoms with van der Waals surface area (Å²) in [6.07, 6.45) is 4.11. The molecule has 0 aliphatic rings. The average molecular weight is 313 g/mol. The van der Waals surface area contributed by atoms with Crippen molar-refractivity contribution in [3.63, 3.8) is 0 Å². The van der Waals surface area contributed by atoms with E-state index in [1.165, 1.54) is 18.7 Å². The van der Waals surface area contributed by atoms with Crippen LogP contribution in [0.25, 0.3) is 0 Å². The molecule has 0 radical (unpaired) electrons. The predicted octanol–water partition coefficient (Wildman–Crippen LogP) is 1.49. The Hall–Kier alpha value is -2.03. The lowest BCUT2D eigenvalue weighted by Gasteiger charge is -2.07. The van der Waals surface area contributed by atoms with Crippen molar-refractivity contribution in [1.29, 1.82) is 0 Å². The Kier molecular flexibility index (Phi) is 3.51. The molecule has 0 unspecified atom stereocenters. The molecule has 0 atom stereocenters. The zero-order chi connectivity index (χ0) is 13.1. The lowest BCUT2D eigenvalue weighted by atomic mass is 10.3. The molecule has 0 aliphatic heterocycles. The minimum atomic E-state index is -0.489. The minimum Gasteiger partial charge on any atom is -0.371 e. The molecule has 2 aromatic heterocycles. The summed E-state index contributed by atoms with van der Waals surface area (Å²) in [4.78, 5) is 18.2. The monoisotopic (exact) mass is 312 g/mol. The number of hydrogen-bond acceptors (Lipinski definition) is 6. The maximum Gasteiger partial charge on any atom is 0.311 e. The van der Waals surface area contributed by atoms with Crippen LogP contribution in [0.15, 0.2) is 23.2 Å². The minimum absolute atomic E-state index is 0.0912. The van der Waals surface area contributed by atoms with Crippen LogP contribution in [0.1, 0.15) is 5.82 Å².